The van der Waals surface area contributed by atoms with E-state index < -0.39 is 15.0 Å². The van der Waals surface area contributed by atoms with Crippen molar-refractivity contribution in [2.75, 3.05) is 27.2 Å². The Labute approximate surface area is 77.0 Å². The van der Waals surface area contributed by atoms with Crippen molar-refractivity contribution < 1.29 is 22.5 Å². The van der Waals surface area contributed by atoms with Gasteiger partial charge in [0.2, 0.25) is 0 Å². The molecule has 0 heterocycles. The van der Waals surface area contributed by atoms with Gasteiger partial charge in [0, 0.05) is 21.3 Å². The average molecular weight is 215 g/mol. The molecule has 72 valence electrons. The van der Waals surface area contributed by atoms with Gasteiger partial charge in [-0.05, 0) is 0 Å². The molecule has 0 aromatic rings. The Bertz CT molecular complexity index is 141. The Morgan fingerprint density at radius 2 is 1.67 bits per heavy atom. The summed E-state index contributed by atoms with van der Waals surface area (Å²) in [5.74, 6) is -0.890. The summed E-state index contributed by atoms with van der Waals surface area (Å²) < 4.78 is 19.1. The molecule has 0 aromatic heterocycles. The fourth-order valence-corrected chi connectivity index (χ4v) is 1.79. The highest BCUT2D eigenvalue weighted by atomic mass is 35.5. The third kappa shape index (κ3) is 3.08. The van der Waals surface area contributed by atoms with Crippen LogP contribution in [0, 0.1) is 0 Å². The Kier molecular flexibility index (Phi) is 5.43. The Morgan fingerprint density at radius 3 is 1.92 bits per heavy atom. The minimum atomic E-state index is -3.24. The number of hydrogen-bond donors (Lipinski definition) is 0. The number of carbonyl (C=O) groups is 1. The van der Waals surface area contributed by atoms with E-state index in [9.17, 15) is 4.79 Å². The molecule has 0 radical (unpaired) electrons. The Balaban J connectivity index is 4.19. The number of alkyl halides is 1. The van der Waals surface area contributed by atoms with E-state index in [-0.39, 0.29) is 5.88 Å². The third-order valence-electron chi connectivity index (χ3n) is 1.10. The molecule has 0 amide bonds. The minimum Gasteiger partial charge on any atom is -0.451 e. The minimum absolute atomic E-state index is 0.259. The number of carbonyl (C=O) groups excluding carboxylic acids is 1. The summed E-state index contributed by atoms with van der Waals surface area (Å²) >= 11 is 5.21. The van der Waals surface area contributed by atoms with E-state index in [1.165, 1.54) is 21.3 Å². The molecule has 0 bridgehead atoms. The van der Waals surface area contributed by atoms with Crippen LogP contribution in [0.1, 0.15) is 0 Å². The van der Waals surface area contributed by atoms with Gasteiger partial charge in [0.1, 0.15) is 5.88 Å². The first-order valence-corrected chi connectivity index (χ1v) is 5.24. The Hall–Kier alpha value is -0.143. The molecule has 0 aliphatic heterocycles. The lowest BCUT2D eigenvalue weighted by Gasteiger charge is -2.21. The highest BCUT2D eigenvalue weighted by Crippen LogP contribution is 2.08. The van der Waals surface area contributed by atoms with E-state index in [1.807, 2.05) is 0 Å². The SMILES string of the molecule is CO[Si](OC)(OC)OC(=O)CCl. The van der Waals surface area contributed by atoms with Gasteiger partial charge >= 0.3 is 15.0 Å². The zero-order chi connectivity index (χ0) is 9.61. The van der Waals surface area contributed by atoms with Gasteiger partial charge in [0.15, 0.2) is 0 Å². The number of hydrogen-bond acceptors (Lipinski definition) is 5. The molecule has 7 heteroatoms. The second-order valence-corrected chi connectivity index (χ2v) is 4.42. The first kappa shape index (κ1) is 11.9. The highest BCUT2D eigenvalue weighted by Gasteiger charge is 2.46. The lowest BCUT2D eigenvalue weighted by atomic mass is 10.8. The molecule has 0 saturated heterocycles. The second kappa shape index (κ2) is 5.49. The van der Waals surface area contributed by atoms with Gasteiger partial charge in [0.25, 0.3) is 0 Å². The summed E-state index contributed by atoms with van der Waals surface area (Å²) in [6.07, 6.45) is 0. The predicted octanol–water partition coefficient (Wildman–Crippen LogP) is 0.143. The molecule has 0 atom stereocenters. The Morgan fingerprint density at radius 1 is 1.25 bits per heavy atom. The maximum Gasteiger partial charge on any atom is 0.750 e. The quantitative estimate of drug-likeness (QED) is 0.482. The zero-order valence-electron chi connectivity index (χ0n) is 7.13. The zero-order valence-corrected chi connectivity index (χ0v) is 8.88. The third-order valence-corrected chi connectivity index (χ3v) is 3.29. The summed E-state index contributed by atoms with van der Waals surface area (Å²) in [6, 6.07) is 0. The van der Waals surface area contributed by atoms with Crippen molar-refractivity contribution in [3.05, 3.63) is 0 Å². The predicted molar refractivity (Wildman–Crippen MR) is 43.6 cm³/mol. The van der Waals surface area contributed by atoms with Gasteiger partial charge in [0.05, 0.1) is 0 Å². The van der Waals surface area contributed by atoms with E-state index in [0.29, 0.717) is 0 Å². The topological polar surface area (TPSA) is 54.0 Å². The average Bonchev–Trinajstić information content (AvgIpc) is 2.14. The van der Waals surface area contributed by atoms with Crippen LogP contribution in [0.25, 0.3) is 0 Å². The number of halogens is 1. The van der Waals surface area contributed by atoms with Gasteiger partial charge < -0.3 is 17.7 Å². The molecule has 0 N–H and O–H groups in total. The van der Waals surface area contributed by atoms with E-state index in [0.717, 1.165) is 0 Å². The molecule has 0 aromatic carbocycles. The van der Waals surface area contributed by atoms with Crippen molar-refractivity contribution in [3.63, 3.8) is 0 Å². The molecule has 0 aliphatic rings. The maximum atomic E-state index is 10.7. The lowest BCUT2D eigenvalue weighted by molar-refractivity contribution is -0.139. The van der Waals surface area contributed by atoms with Crippen LogP contribution in [-0.2, 0) is 22.5 Å². The summed E-state index contributed by atoms with van der Waals surface area (Å²) in [4.78, 5) is 10.7. The highest BCUT2D eigenvalue weighted by molar-refractivity contribution is 6.55. The van der Waals surface area contributed by atoms with Crippen LogP contribution < -0.4 is 0 Å². The summed E-state index contributed by atoms with van der Waals surface area (Å²) in [5, 5.41) is 0. The molecule has 0 fully saturated rings. The van der Waals surface area contributed by atoms with Crippen LogP contribution in [-0.4, -0.2) is 42.2 Å². The first-order chi connectivity index (χ1) is 5.64. The van der Waals surface area contributed by atoms with Crippen molar-refractivity contribution in [3.8, 4) is 0 Å². The van der Waals surface area contributed by atoms with Gasteiger partial charge in [-0.3, -0.25) is 4.79 Å². The van der Waals surface area contributed by atoms with Crippen LogP contribution in [0.5, 0.6) is 0 Å². The van der Waals surface area contributed by atoms with Crippen molar-refractivity contribution in [1.29, 1.82) is 0 Å². The van der Waals surface area contributed by atoms with Gasteiger partial charge in [-0.1, -0.05) is 0 Å². The van der Waals surface area contributed by atoms with Gasteiger partial charge in [-0.15, -0.1) is 11.6 Å². The van der Waals surface area contributed by atoms with Crippen molar-refractivity contribution >= 4 is 26.6 Å². The standard InChI is InChI=1S/C5H11ClO5Si/c1-8-12(9-2,10-3)11-5(7)4-6/h4H2,1-3H3. The van der Waals surface area contributed by atoms with E-state index in [2.05, 4.69) is 0 Å². The second-order valence-electron chi connectivity index (χ2n) is 1.72. The first-order valence-electron chi connectivity index (χ1n) is 3.07. The van der Waals surface area contributed by atoms with Gasteiger partial charge in [-0.2, -0.15) is 0 Å². The molecule has 5 nitrogen and oxygen atoms in total. The molecule has 0 unspecified atom stereocenters. The monoisotopic (exact) mass is 214 g/mol. The van der Waals surface area contributed by atoms with E-state index in [4.69, 9.17) is 29.3 Å². The summed E-state index contributed by atoms with van der Waals surface area (Å²) in [7, 11) is 0.767. The molecule has 0 spiro atoms. The molecular weight excluding hydrogens is 204 g/mol. The van der Waals surface area contributed by atoms with Crippen LogP contribution in [0.2, 0.25) is 0 Å². The molecule has 0 rings (SSSR count). The molecule has 0 saturated carbocycles. The summed E-state index contributed by atoms with van der Waals surface area (Å²) in [5.41, 5.74) is 0. The van der Waals surface area contributed by atoms with Crippen LogP contribution in [0.15, 0.2) is 0 Å². The van der Waals surface area contributed by atoms with Crippen LogP contribution in [0.3, 0.4) is 0 Å². The fraction of sp³-hybridized carbons (Fsp3) is 0.800. The lowest BCUT2D eigenvalue weighted by Crippen LogP contribution is -2.48. The van der Waals surface area contributed by atoms with Crippen molar-refractivity contribution in [1.82, 2.24) is 0 Å². The van der Waals surface area contributed by atoms with Crippen LogP contribution in [0.4, 0.5) is 0 Å². The molecular formula is C5H11ClO5Si. The normalized spacial score (nSPS) is 11.3. The van der Waals surface area contributed by atoms with Crippen LogP contribution >= 0.6 is 11.6 Å². The summed E-state index contributed by atoms with van der Waals surface area (Å²) in [6.45, 7) is 0. The van der Waals surface area contributed by atoms with Gasteiger partial charge in [-0.25, -0.2) is 0 Å². The fourth-order valence-electron chi connectivity index (χ4n) is 0.542. The van der Waals surface area contributed by atoms with Crippen molar-refractivity contribution in [2.24, 2.45) is 0 Å². The van der Waals surface area contributed by atoms with E-state index >= 15 is 0 Å². The maximum absolute atomic E-state index is 10.7. The smallest absolute Gasteiger partial charge is 0.451 e. The molecule has 0 aliphatic carbocycles. The molecule has 12 heavy (non-hydrogen) atoms. The van der Waals surface area contributed by atoms with Crippen molar-refractivity contribution in [2.45, 2.75) is 0 Å². The largest absolute Gasteiger partial charge is 0.750 e. The van der Waals surface area contributed by atoms with E-state index in [1.54, 1.807) is 0 Å². The number of rotatable bonds is 5.